The van der Waals surface area contributed by atoms with Crippen LogP contribution in [0.4, 0.5) is 0 Å². The molecule has 0 bridgehead atoms. The van der Waals surface area contributed by atoms with E-state index in [-0.39, 0.29) is 0 Å². The van der Waals surface area contributed by atoms with Gasteiger partial charge in [0.25, 0.3) is 0 Å². The molecule has 2 N–H and O–H groups in total. The van der Waals surface area contributed by atoms with Crippen LogP contribution in [-0.4, -0.2) is 33.5 Å². The quantitative estimate of drug-likeness (QED) is 0.530. The van der Waals surface area contributed by atoms with Gasteiger partial charge < -0.3 is 5.32 Å². The Kier molecular flexibility index (Phi) is 4.10. The first-order chi connectivity index (χ1) is 5.79. The van der Waals surface area contributed by atoms with E-state index in [0.29, 0.717) is 6.04 Å². The van der Waals surface area contributed by atoms with E-state index in [1.54, 1.807) is 11.8 Å². The van der Waals surface area contributed by atoms with Crippen LogP contribution >= 0.6 is 11.8 Å². The van der Waals surface area contributed by atoms with E-state index in [0.717, 1.165) is 17.5 Å². The molecule has 1 aromatic rings. The first-order valence-electron chi connectivity index (χ1n) is 4.00. The number of nitrogens with zero attached hydrogens (tertiary/aromatic N) is 2. The molecule has 0 aromatic carbocycles. The van der Waals surface area contributed by atoms with Crippen LogP contribution < -0.4 is 5.32 Å². The monoisotopic (exact) mass is 186 g/mol. The maximum Gasteiger partial charge on any atom is 0.183 e. The zero-order valence-electron chi connectivity index (χ0n) is 7.37. The smallest absolute Gasteiger partial charge is 0.183 e. The number of aromatic amines is 1. The van der Waals surface area contributed by atoms with E-state index < -0.39 is 0 Å². The minimum absolute atomic E-state index is 0.556. The SMILES string of the molecule is CC(C)NCCSc1ncn[nH]1. The molecule has 0 spiro atoms. The molecule has 0 fully saturated rings. The summed E-state index contributed by atoms with van der Waals surface area (Å²) < 4.78 is 0. The normalized spacial score (nSPS) is 10.9. The van der Waals surface area contributed by atoms with E-state index in [9.17, 15) is 0 Å². The first kappa shape index (κ1) is 9.54. The lowest BCUT2D eigenvalue weighted by molar-refractivity contribution is 0.616. The summed E-state index contributed by atoms with van der Waals surface area (Å²) in [5, 5.41) is 10.8. The van der Waals surface area contributed by atoms with E-state index in [1.807, 2.05) is 0 Å². The van der Waals surface area contributed by atoms with Crippen LogP contribution in [0.15, 0.2) is 11.5 Å². The third-order valence-corrected chi connectivity index (χ3v) is 2.16. The van der Waals surface area contributed by atoms with Gasteiger partial charge in [-0.15, -0.1) is 0 Å². The number of hydrogen-bond donors (Lipinski definition) is 2. The summed E-state index contributed by atoms with van der Waals surface area (Å²) in [6, 6.07) is 0.556. The lowest BCUT2D eigenvalue weighted by Crippen LogP contribution is -2.24. The van der Waals surface area contributed by atoms with Gasteiger partial charge in [-0.05, 0) is 0 Å². The zero-order chi connectivity index (χ0) is 8.81. The Balaban J connectivity index is 2.04. The van der Waals surface area contributed by atoms with Gasteiger partial charge in [0.1, 0.15) is 6.33 Å². The maximum absolute atomic E-state index is 4.00. The van der Waals surface area contributed by atoms with Gasteiger partial charge in [-0.25, -0.2) is 4.98 Å². The summed E-state index contributed by atoms with van der Waals surface area (Å²) in [7, 11) is 0. The largest absolute Gasteiger partial charge is 0.314 e. The summed E-state index contributed by atoms with van der Waals surface area (Å²) in [6.45, 7) is 5.28. The molecule has 1 rings (SSSR count). The number of nitrogens with one attached hydrogen (secondary N) is 2. The van der Waals surface area contributed by atoms with E-state index in [1.165, 1.54) is 6.33 Å². The molecular formula is C7H14N4S. The summed E-state index contributed by atoms with van der Waals surface area (Å²) in [5.41, 5.74) is 0. The van der Waals surface area contributed by atoms with Crippen LogP contribution in [0.1, 0.15) is 13.8 Å². The van der Waals surface area contributed by atoms with Crippen LogP contribution in [0, 0.1) is 0 Å². The van der Waals surface area contributed by atoms with E-state index >= 15 is 0 Å². The Bertz CT molecular complexity index is 197. The Morgan fingerprint density at radius 3 is 3.08 bits per heavy atom. The third kappa shape index (κ3) is 3.73. The van der Waals surface area contributed by atoms with Gasteiger partial charge in [-0.1, -0.05) is 25.6 Å². The van der Waals surface area contributed by atoms with Gasteiger partial charge in [-0.2, -0.15) is 5.10 Å². The number of aromatic nitrogens is 3. The van der Waals surface area contributed by atoms with Crippen molar-refractivity contribution < 1.29 is 0 Å². The molecule has 12 heavy (non-hydrogen) atoms. The highest BCUT2D eigenvalue weighted by molar-refractivity contribution is 7.99. The van der Waals surface area contributed by atoms with Gasteiger partial charge in [0.2, 0.25) is 0 Å². The standard InChI is InChI=1S/C7H14N4S/c1-6(2)8-3-4-12-7-9-5-10-11-7/h5-6,8H,3-4H2,1-2H3,(H,9,10,11). The van der Waals surface area contributed by atoms with Gasteiger partial charge in [-0.3, -0.25) is 5.10 Å². The fourth-order valence-electron chi connectivity index (χ4n) is 0.759. The molecule has 1 heterocycles. The number of hydrogen-bond acceptors (Lipinski definition) is 4. The molecule has 0 aliphatic heterocycles. The molecule has 0 unspecified atom stereocenters. The lowest BCUT2D eigenvalue weighted by atomic mass is 10.4. The van der Waals surface area contributed by atoms with Crippen molar-refractivity contribution in [1.29, 1.82) is 0 Å². The fraction of sp³-hybridized carbons (Fsp3) is 0.714. The highest BCUT2D eigenvalue weighted by Crippen LogP contribution is 2.08. The summed E-state index contributed by atoms with van der Waals surface area (Å²) in [4.78, 5) is 4.00. The van der Waals surface area contributed by atoms with E-state index in [4.69, 9.17) is 0 Å². The molecule has 0 saturated carbocycles. The van der Waals surface area contributed by atoms with Gasteiger partial charge in [0.15, 0.2) is 5.16 Å². The Hall–Kier alpha value is -0.550. The second-order valence-electron chi connectivity index (χ2n) is 2.75. The summed E-state index contributed by atoms with van der Waals surface area (Å²) in [5.74, 6) is 1.02. The molecule has 0 atom stereocenters. The molecule has 4 nitrogen and oxygen atoms in total. The van der Waals surface area contributed by atoms with Crippen molar-refractivity contribution in [2.45, 2.75) is 25.0 Å². The van der Waals surface area contributed by atoms with Crippen LogP contribution in [-0.2, 0) is 0 Å². The Morgan fingerprint density at radius 2 is 2.50 bits per heavy atom. The second-order valence-corrected chi connectivity index (χ2v) is 3.83. The minimum atomic E-state index is 0.556. The number of H-pyrrole nitrogens is 1. The predicted octanol–water partition coefficient (Wildman–Crippen LogP) is 0.895. The molecule has 0 aliphatic carbocycles. The molecule has 68 valence electrons. The van der Waals surface area contributed by atoms with Crippen molar-refractivity contribution in [3.8, 4) is 0 Å². The predicted molar refractivity (Wildman–Crippen MR) is 50.2 cm³/mol. The highest BCUT2D eigenvalue weighted by Gasteiger charge is 1.96. The molecule has 0 aliphatic rings. The van der Waals surface area contributed by atoms with Gasteiger partial charge in [0, 0.05) is 18.3 Å². The molecule has 0 radical (unpaired) electrons. The van der Waals surface area contributed by atoms with Crippen molar-refractivity contribution >= 4 is 11.8 Å². The maximum atomic E-state index is 4.00. The second kappa shape index (κ2) is 5.16. The van der Waals surface area contributed by atoms with Crippen molar-refractivity contribution in [3.05, 3.63) is 6.33 Å². The summed E-state index contributed by atoms with van der Waals surface area (Å²) >= 11 is 1.68. The Labute approximate surface area is 76.5 Å². The van der Waals surface area contributed by atoms with Gasteiger partial charge >= 0.3 is 0 Å². The zero-order valence-corrected chi connectivity index (χ0v) is 8.19. The average molecular weight is 186 g/mol. The number of rotatable bonds is 5. The first-order valence-corrected chi connectivity index (χ1v) is 4.99. The lowest BCUT2D eigenvalue weighted by Gasteiger charge is -2.05. The molecule has 0 amide bonds. The fourth-order valence-corrected chi connectivity index (χ4v) is 1.41. The van der Waals surface area contributed by atoms with Crippen molar-refractivity contribution in [2.75, 3.05) is 12.3 Å². The van der Waals surface area contributed by atoms with Crippen LogP contribution in [0.2, 0.25) is 0 Å². The van der Waals surface area contributed by atoms with Crippen LogP contribution in [0.25, 0.3) is 0 Å². The number of thioether (sulfide) groups is 1. The van der Waals surface area contributed by atoms with Gasteiger partial charge in [0.05, 0.1) is 0 Å². The highest BCUT2D eigenvalue weighted by atomic mass is 32.2. The minimum Gasteiger partial charge on any atom is -0.314 e. The topological polar surface area (TPSA) is 53.6 Å². The van der Waals surface area contributed by atoms with Crippen LogP contribution in [0.3, 0.4) is 0 Å². The van der Waals surface area contributed by atoms with Crippen LogP contribution in [0.5, 0.6) is 0 Å². The average Bonchev–Trinajstić information content (AvgIpc) is 2.49. The third-order valence-electron chi connectivity index (χ3n) is 1.29. The molecule has 5 heteroatoms. The van der Waals surface area contributed by atoms with Crippen molar-refractivity contribution in [2.24, 2.45) is 0 Å². The Morgan fingerprint density at radius 1 is 1.67 bits per heavy atom. The van der Waals surface area contributed by atoms with Crippen molar-refractivity contribution in [3.63, 3.8) is 0 Å². The molecule has 0 saturated heterocycles. The van der Waals surface area contributed by atoms with E-state index in [2.05, 4.69) is 34.3 Å². The molecular weight excluding hydrogens is 172 g/mol. The summed E-state index contributed by atoms with van der Waals surface area (Å²) in [6.07, 6.45) is 1.53. The van der Waals surface area contributed by atoms with Crippen molar-refractivity contribution in [1.82, 2.24) is 20.5 Å². The molecule has 1 aromatic heterocycles.